The highest BCUT2D eigenvalue weighted by Crippen LogP contribution is 2.35. The van der Waals surface area contributed by atoms with Crippen molar-refractivity contribution in [1.29, 1.82) is 0 Å². The summed E-state index contributed by atoms with van der Waals surface area (Å²) in [4.78, 5) is 39.2. The van der Waals surface area contributed by atoms with Crippen LogP contribution in [0.2, 0.25) is 0 Å². The molecule has 1 atom stereocenters. The second kappa shape index (κ2) is 6.14. The van der Waals surface area contributed by atoms with Crippen LogP contribution in [0.5, 0.6) is 0 Å². The van der Waals surface area contributed by atoms with Crippen LogP contribution in [0, 0.1) is 6.92 Å². The molecule has 1 aromatic heterocycles. The summed E-state index contributed by atoms with van der Waals surface area (Å²) in [5, 5.41) is 2.71. The van der Waals surface area contributed by atoms with Crippen molar-refractivity contribution in [3.05, 3.63) is 56.2 Å². The Hall–Kier alpha value is -1.99. The first-order valence-corrected chi connectivity index (χ1v) is 8.92. The van der Waals surface area contributed by atoms with Gasteiger partial charge in [-0.3, -0.25) is 14.5 Å². The van der Waals surface area contributed by atoms with Gasteiger partial charge in [0.2, 0.25) is 0 Å². The maximum atomic E-state index is 12.8. The number of amides is 3. The van der Waals surface area contributed by atoms with Gasteiger partial charge in [-0.2, -0.15) is 0 Å². The zero-order valence-corrected chi connectivity index (χ0v) is 15.5. The van der Waals surface area contributed by atoms with E-state index in [9.17, 15) is 14.4 Å². The van der Waals surface area contributed by atoms with Crippen LogP contribution >= 0.6 is 27.3 Å². The summed E-state index contributed by atoms with van der Waals surface area (Å²) < 4.78 is 0.871. The van der Waals surface area contributed by atoms with Crippen LogP contribution in [0.4, 0.5) is 4.79 Å². The Morgan fingerprint density at radius 3 is 2.58 bits per heavy atom. The number of carbonyl (C=O) groups is 3. The Balaban J connectivity index is 1.85. The van der Waals surface area contributed by atoms with Crippen molar-refractivity contribution in [2.45, 2.75) is 19.4 Å². The minimum absolute atomic E-state index is 0.256. The van der Waals surface area contributed by atoms with E-state index in [0.717, 1.165) is 19.1 Å². The molecule has 3 rings (SSSR count). The fourth-order valence-corrected chi connectivity index (χ4v) is 4.19. The number of imide groups is 1. The van der Waals surface area contributed by atoms with E-state index in [0.29, 0.717) is 5.56 Å². The van der Waals surface area contributed by atoms with Crippen LogP contribution in [0.15, 0.2) is 40.2 Å². The Labute approximate surface area is 151 Å². The summed E-state index contributed by atoms with van der Waals surface area (Å²) in [6.07, 6.45) is 0. The number of nitrogens with one attached hydrogen (secondary N) is 1. The van der Waals surface area contributed by atoms with Crippen LogP contribution in [-0.4, -0.2) is 29.2 Å². The van der Waals surface area contributed by atoms with Crippen molar-refractivity contribution in [2.24, 2.45) is 0 Å². The third-order valence-electron chi connectivity index (χ3n) is 4.09. The standard InChI is InChI=1S/C17H15BrN2O3S/c1-10-5-3-4-6-11(10)12(21)9-20-15(22)17(2,19-16(20)23)13-7-8-14(18)24-13/h3-8H,9H2,1-2H3,(H,19,23). The molecule has 24 heavy (non-hydrogen) atoms. The zero-order chi connectivity index (χ0) is 17.5. The number of rotatable bonds is 4. The monoisotopic (exact) mass is 406 g/mol. The summed E-state index contributed by atoms with van der Waals surface area (Å²) in [7, 11) is 0. The highest BCUT2D eigenvalue weighted by molar-refractivity contribution is 9.11. The van der Waals surface area contributed by atoms with Crippen LogP contribution in [-0.2, 0) is 10.3 Å². The fourth-order valence-electron chi connectivity index (χ4n) is 2.71. The predicted octanol–water partition coefficient (Wildman–Crippen LogP) is 3.47. The lowest BCUT2D eigenvalue weighted by atomic mass is 10.00. The summed E-state index contributed by atoms with van der Waals surface area (Å²) in [5.74, 6) is -0.669. The molecule has 2 heterocycles. The highest BCUT2D eigenvalue weighted by Gasteiger charge is 2.50. The lowest BCUT2D eigenvalue weighted by Crippen LogP contribution is -2.40. The number of nitrogens with zero attached hydrogens (tertiary/aromatic N) is 1. The molecule has 1 fully saturated rings. The average molecular weight is 407 g/mol. The second-order valence-corrected chi connectivity index (χ2v) is 8.25. The number of Topliss-reactive ketones (excluding diaryl/α,β-unsaturated/α-hetero) is 1. The van der Waals surface area contributed by atoms with Gasteiger partial charge in [-0.25, -0.2) is 4.79 Å². The molecule has 7 heteroatoms. The van der Waals surface area contributed by atoms with Gasteiger partial charge in [-0.1, -0.05) is 24.3 Å². The number of ketones is 1. The van der Waals surface area contributed by atoms with Crippen LogP contribution in [0.1, 0.15) is 27.7 Å². The molecule has 0 aliphatic carbocycles. The summed E-state index contributed by atoms with van der Waals surface area (Å²) in [6, 6.07) is 10.2. The van der Waals surface area contributed by atoms with Gasteiger partial charge in [-0.05, 0) is 47.5 Å². The summed E-state index contributed by atoms with van der Waals surface area (Å²) in [5.41, 5.74) is 0.199. The zero-order valence-electron chi connectivity index (χ0n) is 13.1. The molecule has 1 N–H and O–H groups in total. The number of hydrogen-bond acceptors (Lipinski definition) is 4. The minimum atomic E-state index is -1.14. The fraction of sp³-hybridized carbons (Fsp3) is 0.235. The van der Waals surface area contributed by atoms with E-state index in [1.165, 1.54) is 11.3 Å². The molecule has 1 aliphatic heterocycles. The number of aryl methyl sites for hydroxylation is 1. The number of urea groups is 1. The number of hydrogen-bond donors (Lipinski definition) is 1. The van der Waals surface area contributed by atoms with E-state index in [1.807, 2.05) is 25.1 Å². The quantitative estimate of drug-likeness (QED) is 0.624. The molecule has 0 saturated carbocycles. The molecule has 2 aromatic rings. The number of carbonyl (C=O) groups excluding carboxylic acids is 3. The van der Waals surface area contributed by atoms with E-state index in [1.54, 1.807) is 25.1 Å². The largest absolute Gasteiger partial charge is 0.325 e. The Kier molecular flexibility index (Phi) is 4.31. The molecule has 0 spiro atoms. The van der Waals surface area contributed by atoms with Gasteiger partial charge >= 0.3 is 6.03 Å². The van der Waals surface area contributed by atoms with Crippen molar-refractivity contribution in [3.8, 4) is 0 Å². The van der Waals surface area contributed by atoms with Gasteiger partial charge in [0.15, 0.2) is 11.3 Å². The van der Waals surface area contributed by atoms with Crippen molar-refractivity contribution in [1.82, 2.24) is 10.2 Å². The maximum absolute atomic E-state index is 12.8. The lowest BCUT2D eigenvalue weighted by molar-refractivity contribution is -0.130. The second-order valence-electron chi connectivity index (χ2n) is 5.79. The van der Waals surface area contributed by atoms with Crippen molar-refractivity contribution >= 4 is 45.0 Å². The topological polar surface area (TPSA) is 66.5 Å². The van der Waals surface area contributed by atoms with Crippen molar-refractivity contribution in [3.63, 3.8) is 0 Å². The van der Waals surface area contributed by atoms with Crippen molar-refractivity contribution < 1.29 is 14.4 Å². The highest BCUT2D eigenvalue weighted by atomic mass is 79.9. The first kappa shape index (κ1) is 16.9. The molecule has 1 aromatic carbocycles. The average Bonchev–Trinajstić information content (AvgIpc) is 3.06. The first-order chi connectivity index (χ1) is 11.3. The van der Waals surface area contributed by atoms with Gasteiger partial charge in [0.05, 0.1) is 10.3 Å². The third kappa shape index (κ3) is 2.78. The molecular formula is C17H15BrN2O3S. The summed E-state index contributed by atoms with van der Waals surface area (Å²) >= 11 is 4.74. The molecular weight excluding hydrogens is 392 g/mol. The van der Waals surface area contributed by atoms with E-state index < -0.39 is 17.5 Å². The Morgan fingerprint density at radius 1 is 1.25 bits per heavy atom. The van der Waals surface area contributed by atoms with Gasteiger partial charge in [0, 0.05) is 10.4 Å². The van der Waals surface area contributed by atoms with E-state index in [-0.39, 0.29) is 12.3 Å². The molecule has 1 saturated heterocycles. The van der Waals surface area contributed by atoms with Gasteiger partial charge in [-0.15, -0.1) is 11.3 Å². The molecule has 124 valence electrons. The molecule has 0 radical (unpaired) electrons. The van der Waals surface area contributed by atoms with Crippen molar-refractivity contribution in [2.75, 3.05) is 6.54 Å². The van der Waals surface area contributed by atoms with Crippen LogP contribution < -0.4 is 5.32 Å². The normalized spacial score (nSPS) is 20.4. The minimum Gasteiger partial charge on any atom is -0.319 e. The molecule has 5 nitrogen and oxygen atoms in total. The lowest BCUT2D eigenvalue weighted by Gasteiger charge is -2.20. The van der Waals surface area contributed by atoms with E-state index in [2.05, 4.69) is 21.2 Å². The predicted molar refractivity (Wildman–Crippen MR) is 95.1 cm³/mol. The first-order valence-electron chi connectivity index (χ1n) is 7.31. The van der Waals surface area contributed by atoms with Crippen LogP contribution in [0.25, 0.3) is 0 Å². The maximum Gasteiger partial charge on any atom is 0.325 e. The van der Waals surface area contributed by atoms with Crippen LogP contribution in [0.3, 0.4) is 0 Å². The number of benzene rings is 1. The van der Waals surface area contributed by atoms with Gasteiger partial charge in [0.1, 0.15) is 0 Å². The molecule has 0 bridgehead atoms. The van der Waals surface area contributed by atoms with Gasteiger partial charge < -0.3 is 5.32 Å². The SMILES string of the molecule is Cc1ccccc1C(=O)CN1C(=O)NC(C)(c2ccc(Br)s2)C1=O. The Morgan fingerprint density at radius 2 is 1.96 bits per heavy atom. The number of halogens is 1. The number of thiophene rings is 1. The molecule has 1 unspecified atom stereocenters. The van der Waals surface area contributed by atoms with Gasteiger partial charge in [0.25, 0.3) is 5.91 Å². The van der Waals surface area contributed by atoms with E-state index >= 15 is 0 Å². The Bertz CT molecular complexity index is 848. The molecule has 3 amide bonds. The molecule has 1 aliphatic rings. The van der Waals surface area contributed by atoms with E-state index in [4.69, 9.17) is 0 Å². The third-order valence-corrected chi connectivity index (χ3v) is 5.93. The summed E-state index contributed by atoms with van der Waals surface area (Å²) in [6.45, 7) is 3.22. The smallest absolute Gasteiger partial charge is 0.319 e.